The van der Waals surface area contributed by atoms with Crippen LogP contribution in [0.2, 0.25) is 0 Å². The van der Waals surface area contributed by atoms with Crippen molar-refractivity contribution >= 4 is 41.5 Å². The maximum atomic E-state index is 13.0. The average molecular weight is 541 g/mol. The molecule has 0 aliphatic carbocycles. The van der Waals surface area contributed by atoms with Crippen LogP contribution in [-0.2, 0) is 11.0 Å². The molecule has 1 aliphatic heterocycles. The van der Waals surface area contributed by atoms with Crippen molar-refractivity contribution in [1.82, 2.24) is 15.5 Å². The minimum absolute atomic E-state index is 0. The van der Waals surface area contributed by atoms with E-state index in [9.17, 15) is 18.0 Å². The van der Waals surface area contributed by atoms with Gasteiger partial charge in [0, 0.05) is 45.5 Å². The van der Waals surface area contributed by atoms with Crippen LogP contribution in [0.1, 0.15) is 26.3 Å². The van der Waals surface area contributed by atoms with Crippen molar-refractivity contribution in [2.75, 3.05) is 51.2 Å². The summed E-state index contributed by atoms with van der Waals surface area (Å²) in [5.74, 6) is 0.639. The van der Waals surface area contributed by atoms with Gasteiger partial charge in [0.1, 0.15) is 0 Å². The van der Waals surface area contributed by atoms with Crippen molar-refractivity contribution in [3.63, 3.8) is 0 Å². The fraction of sp³-hybridized carbons (Fsp3) is 0.600. The molecule has 1 aromatic rings. The van der Waals surface area contributed by atoms with Crippen LogP contribution in [-0.4, -0.2) is 63.1 Å². The predicted molar refractivity (Wildman–Crippen MR) is 124 cm³/mol. The van der Waals surface area contributed by atoms with Gasteiger partial charge in [-0.05, 0) is 39.0 Å². The zero-order valence-electron chi connectivity index (χ0n) is 17.8. The quantitative estimate of drug-likeness (QED) is 0.342. The highest BCUT2D eigenvalue weighted by molar-refractivity contribution is 14.0. The second kappa shape index (κ2) is 11.1. The number of halogens is 4. The summed E-state index contributed by atoms with van der Waals surface area (Å²) >= 11 is 0. The van der Waals surface area contributed by atoms with E-state index >= 15 is 0 Å². The van der Waals surface area contributed by atoms with Crippen molar-refractivity contribution in [2.45, 2.75) is 26.9 Å². The Morgan fingerprint density at radius 1 is 1.17 bits per heavy atom. The second-order valence-corrected chi connectivity index (χ2v) is 7.66. The maximum absolute atomic E-state index is 13.0. The number of hydrogen-bond acceptors (Lipinski definition) is 3. The molecular formula is C20H31F3IN5O. The number of nitrogens with one attached hydrogen (secondary N) is 2. The molecule has 0 saturated carbocycles. The molecule has 0 spiro atoms. The van der Waals surface area contributed by atoms with E-state index in [2.05, 4.69) is 20.5 Å². The number of anilines is 1. The molecule has 170 valence electrons. The molecule has 0 aromatic heterocycles. The van der Waals surface area contributed by atoms with Crippen molar-refractivity contribution in [1.29, 1.82) is 0 Å². The fourth-order valence-electron chi connectivity index (χ4n) is 3.16. The van der Waals surface area contributed by atoms with E-state index < -0.39 is 17.2 Å². The van der Waals surface area contributed by atoms with Crippen LogP contribution in [0.5, 0.6) is 0 Å². The molecule has 2 rings (SSSR count). The number of carbonyl (C=O) groups is 1. The van der Waals surface area contributed by atoms with Gasteiger partial charge in [-0.15, -0.1) is 24.0 Å². The molecule has 1 saturated heterocycles. The minimum Gasteiger partial charge on any atom is -0.368 e. The standard InChI is InChI=1S/C20H30F3N5O.HI/c1-5-25-18(26-14-19(2,3)17(29)24-4)28-11-9-27(10-12-28)16-8-6-7-15(13-16)20(21,22)23;/h6-8,13H,5,9-12,14H2,1-4H3,(H,24,29)(H,25,26);1H. The fourth-order valence-corrected chi connectivity index (χ4v) is 3.16. The van der Waals surface area contributed by atoms with Gasteiger partial charge in [0.15, 0.2) is 5.96 Å². The lowest BCUT2D eigenvalue weighted by atomic mass is 9.93. The highest BCUT2D eigenvalue weighted by Crippen LogP contribution is 2.31. The van der Waals surface area contributed by atoms with Crippen molar-refractivity contribution in [2.24, 2.45) is 10.4 Å². The molecule has 1 fully saturated rings. The van der Waals surface area contributed by atoms with Crippen LogP contribution in [0, 0.1) is 5.41 Å². The predicted octanol–water partition coefficient (Wildman–Crippen LogP) is 3.18. The van der Waals surface area contributed by atoms with Crippen LogP contribution in [0.3, 0.4) is 0 Å². The number of guanidine groups is 1. The largest absolute Gasteiger partial charge is 0.416 e. The summed E-state index contributed by atoms with van der Waals surface area (Å²) in [7, 11) is 1.60. The lowest BCUT2D eigenvalue weighted by Gasteiger charge is -2.38. The monoisotopic (exact) mass is 541 g/mol. The van der Waals surface area contributed by atoms with E-state index in [0.717, 1.165) is 6.07 Å². The summed E-state index contributed by atoms with van der Waals surface area (Å²) in [5, 5.41) is 5.89. The molecule has 1 aliphatic rings. The van der Waals surface area contributed by atoms with Crippen LogP contribution < -0.4 is 15.5 Å². The van der Waals surface area contributed by atoms with Crippen molar-refractivity contribution in [3.05, 3.63) is 29.8 Å². The smallest absolute Gasteiger partial charge is 0.368 e. The molecule has 0 bridgehead atoms. The molecule has 30 heavy (non-hydrogen) atoms. The molecule has 2 N–H and O–H groups in total. The van der Waals surface area contributed by atoms with Gasteiger partial charge in [-0.2, -0.15) is 13.2 Å². The van der Waals surface area contributed by atoms with Crippen molar-refractivity contribution < 1.29 is 18.0 Å². The van der Waals surface area contributed by atoms with E-state index in [-0.39, 0.29) is 29.9 Å². The molecule has 0 atom stereocenters. The van der Waals surface area contributed by atoms with Crippen LogP contribution in [0.15, 0.2) is 29.3 Å². The zero-order chi connectivity index (χ0) is 21.7. The Morgan fingerprint density at radius 2 is 1.80 bits per heavy atom. The van der Waals surface area contributed by atoms with Gasteiger partial charge < -0.3 is 20.4 Å². The van der Waals surface area contributed by atoms with E-state index in [4.69, 9.17) is 0 Å². The Hall–Kier alpha value is -1.72. The number of carbonyl (C=O) groups excluding carboxylic acids is 1. The van der Waals surface area contributed by atoms with Gasteiger partial charge in [-0.3, -0.25) is 9.79 Å². The van der Waals surface area contributed by atoms with E-state index in [0.29, 0.717) is 50.9 Å². The molecule has 0 radical (unpaired) electrons. The summed E-state index contributed by atoms with van der Waals surface area (Å²) in [6.45, 7) is 9.10. The number of rotatable bonds is 5. The molecule has 1 heterocycles. The first-order valence-electron chi connectivity index (χ1n) is 9.76. The maximum Gasteiger partial charge on any atom is 0.416 e. The lowest BCUT2D eigenvalue weighted by Crippen LogP contribution is -2.53. The van der Waals surface area contributed by atoms with Gasteiger partial charge in [-0.1, -0.05) is 6.07 Å². The minimum atomic E-state index is -4.35. The summed E-state index contributed by atoms with van der Waals surface area (Å²) < 4.78 is 38.9. The Bertz CT molecular complexity index is 731. The van der Waals surface area contributed by atoms with E-state index in [1.807, 2.05) is 25.7 Å². The number of aliphatic imine (C=N–C) groups is 1. The first kappa shape index (κ1) is 26.3. The third kappa shape index (κ3) is 6.92. The average Bonchev–Trinajstić information content (AvgIpc) is 2.70. The summed E-state index contributed by atoms with van der Waals surface area (Å²) in [4.78, 5) is 20.6. The third-order valence-corrected chi connectivity index (χ3v) is 4.92. The number of piperazine rings is 1. The number of benzene rings is 1. The van der Waals surface area contributed by atoms with Gasteiger partial charge in [-0.25, -0.2) is 0 Å². The van der Waals surface area contributed by atoms with E-state index in [1.54, 1.807) is 13.1 Å². The second-order valence-electron chi connectivity index (χ2n) is 7.66. The zero-order valence-corrected chi connectivity index (χ0v) is 20.2. The Balaban J connectivity index is 0.00000450. The molecule has 1 aromatic carbocycles. The van der Waals surface area contributed by atoms with Gasteiger partial charge in [0.25, 0.3) is 0 Å². The number of hydrogen-bond donors (Lipinski definition) is 2. The summed E-state index contributed by atoms with van der Waals surface area (Å²) in [5.41, 5.74) is -0.694. The van der Waals surface area contributed by atoms with Crippen LogP contribution in [0.25, 0.3) is 0 Å². The first-order valence-corrected chi connectivity index (χ1v) is 9.76. The Labute approximate surface area is 193 Å². The van der Waals surface area contributed by atoms with Gasteiger partial charge >= 0.3 is 6.18 Å². The number of alkyl halides is 3. The normalized spacial score (nSPS) is 15.5. The van der Waals surface area contributed by atoms with Crippen LogP contribution in [0.4, 0.5) is 18.9 Å². The van der Waals surface area contributed by atoms with Crippen LogP contribution >= 0.6 is 24.0 Å². The lowest BCUT2D eigenvalue weighted by molar-refractivity contribution is -0.137. The third-order valence-electron chi connectivity index (χ3n) is 4.92. The topological polar surface area (TPSA) is 60.0 Å². The highest BCUT2D eigenvalue weighted by Gasteiger charge is 2.31. The van der Waals surface area contributed by atoms with Crippen molar-refractivity contribution in [3.8, 4) is 0 Å². The van der Waals surface area contributed by atoms with Gasteiger partial charge in [0.05, 0.1) is 17.5 Å². The summed E-state index contributed by atoms with van der Waals surface area (Å²) in [6.07, 6.45) is -4.35. The first-order chi connectivity index (χ1) is 13.6. The molecule has 6 nitrogen and oxygen atoms in total. The molecular weight excluding hydrogens is 510 g/mol. The molecule has 1 amide bonds. The SMILES string of the molecule is CCNC(=NCC(C)(C)C(=O)NC)N1CCN(c2cccc(C(F)(F)F)c2)CC1.I. The molecule has 0 unspecified atom stereocenters. The van der Waals surface area contributed by atoms with E-state index in [1.165, 1.54) is 12.1 Å². The number of nitrogens with zero attached hydrogens (tertiary/aromatic N) is 3. The summed E-state index contributed by atoms with van der Waals surface area (Å²) in [6, 6.07) is 5.43. The number of amides is 1. The molecule has 10 heteroatoms. The Kier molecular flexibility index (Phi) is 9.70. The van der Waals surface area contributed by atoms with Gasteiger partial charge in [0.2, 0.25) is 5.91 Å². The highest BCUT2D eigenvalue weighted by atomic mass is 127. The Morgan fingerprint density at radius 3 is 2.33 bits per heavy atom.